The molecule has 2 aromatic carbocycles. The number of halogens is 2. The summed E-state index contributed by atoms with van der Waals surface area (Å²) in [6, 6.07) is 14.3. The van der Waals surface area contributed by atoms with Gasteiger partial charge < -0.3 is 10.6 Å². The number of hydrogen-bond donors (Lipinski definition) is 2. The normalized spacial score (nSPS) is 10.6. The van der Waals surface area contributed by atoms with Crippen LogP contribution in [0.25, 0.3) is 0 Å². The molecule has 0 bridgehead atoms. The van der Waals surface area contributed by atoms with Crippen molar-refractivity contribution in [1.29, 1.82) is 0 Å². The van der Waals surface area contributed by atoms with Gasteiger partial charge in [0, 0.05) is 11.9 Å². The summed E-state index contributed by atoms with van der Waals surface area (Å²) < 4.78 is 14.7. The Morgan fingerprint density at radius 3 is 2.38 bits per heavy atom. The highest BCUT2D eigenvalue weighted by Crippen LogP contribution is 2.20. The van der Waals surface area contributed by atoms with Gasteiger partial charge in [0.25, 0.3) is 0 Å². The van der Waals surface area contributed by atoms with Gasteiger partial charge in [-0.25, -0.2) is 4.39 Å². The standard InChI is InChI=1S/C19H18ClFN4S/c1-2-13-5-9-16(10-6-13)22-19(26)23-18-17(20)12-25(24-18)11-14-3-7-15(21)8-4-14/h3-10,12H,2,11H2,1H3,(H2,22,23,24,26). The van der Waals surface area contributed by atoms with Gasteiger partial charge in [-0.2, -0.15) is 5.10 Å². The molecule has 0 radical (unpaired) electrons. The lowest BCUT2D eigenvalue weighted by atomic mass is 10.1. The molecule has 0 atom stereocenters. The van der Waals surface area contributed by atoms with Crippen molar-refractivity contribution in [3.05, 3.63) is 76.7 Å². The molecule has 3 rings (SSSR count). The summed E-state index contributed by atoms with van der Waals surface area (Å²) >= 11 is 11.6. The second kappa shape index (κ2) is 8.29. The number of aromatic nitrogens is 2. The van der Waals surface area contributed by atoms with Crippen molar-refractivity contribution in [2.24, 2.45) is 0 Å². The number of hydrogen-bond acceptors (Lipinski definition) is 2. The highest BCUT2D eigenvalue weighted by Gasteiger charge is 2.09. The van der Waals surface area contributed by atoms with Crippen LogP contribution in [0.1, 0.15) is 18.1 Å². The summed E-state index contributed by atoms with van der Waals surface area (Å²) in [6.07, 6.45) is 2.69. The largest absolute Gasteiger partial charge is 0.332 e. The van der Waals surface area contributed by atoms with E-state index < -0.39 is 0 Å². The second-order valence-electron chi connectivity index (χ2n) is 5.78. The molecule has 0 saturated heterocycles. The maximum absolute atomic E-state index is 13.0. The van der Waals surface area contributed by atoms with E-state index in [1.807, 2.05) is 12.1 Å². The summed E-state index contributed by atoms with van der Waals surface area (Å²) in [5, 5.41) is 11.4. The van der Waals surface area contributed by atoms with Gasteiger partial charge in [0.1, 0.15) is 10.8 Å². The molecule has 0 unspecified atom stereocenters. The quantitative estimate of drug-likeness (QED) is 0.597. The van der Waals surface area contributed by atoms with Gasteiger partial charge in [-0.1, -0.05) is 42.8 Å². The van der Waals surface area contributed by atoms with Crippen LogP contribution in [0, 0.1) is 5.82 Å². The summed E-state index contributed by atoms with van der Waals surface area (Å²) in [5.41, 5.74) is 3.08. The Bertz CT molecular complexity index is 891. The van der Waals surface area contributed by atoms with Crippen LogP contribution in [0.5, 0.6) is 0 Å². The van der Waals surface area contributed by atoms with Gasteiger partial charge in [-0.15, -0.1) is 0 Å². The molecular weight excluding hydrogens is 371 g/mol. The third kappa shape index (κ3) is 4.80. The van der Waals surface area contributed by atoms with Crippen molar-refractivity contribution in [2.45, 2.75) is 19.9 Å². The van der Waals surface area contributed by atoms with Gasteiger partial charge in [-0.05, 0) is 54.0 Å². The minimum absolute atomic E-state index is 0.266. The van der Waals surface area contributed by atoms with Crippen molar-refractivity contribution >= 4 is 40.4 Å². The van der Waals surface area contributed by atoms with Crippen LogP contribution in [0.2, 0.25) is 5.02 Å². The molecule has 7 heteroatoms. The number of nitrogens with zero attached hydrogens (tertiary/aromatic N) is 2. The summed E-state index contributed by atoms with van der Waals surface area (Å²) in [4.78, 5) is 0. The van der Waals surface area contributed by atoms with Crippen LogP contribution in [0.3, 0.4) is 0 Å². The van der Waals surface area contributed by atoms with Gasteiger partial charge in [0.05, 0.1) is 6.54 Å². The lowest BCUT2D eigenvalue weighted by molar-refractivity contribution is 0.624. The summed E-state index contributed by atoms with van der Waals surface area (Å²) in [6.45, 7) is 2.60. The van der Waals surface area contributed by atoms with E-state index in [0.29, 0.717) is 22.5 Å². The Kier molecular flexibility index (Phi) is 5.85. The van der Waals surface area contributed by atoms with E-state index in [2.05, 4.69) is 34.8 Å². The molecule has 0 aliphatic heterocycles. The predicted molar refractivity (Wildman–Crippen MR) is 108 cm³/mol. The minimum atomic E-state index is -0.266. The van der Waals surface area contributed by atoms with Crippen molar-refractivity contribution in [3.8, 4) is 0 Å². The average Bonchev–Trinajstić information content (AvgIpc) is 2.96. The molecule has 1 aromatic heterocycles. The predicted octanol–water partition coefficient (Wildman–Crippen LogP) is 5.10. The first-order valence-corrected chi connectivity index (χ1v) is 8.96. The Labute approximate surface area is 162 Å². The fourth-order valence-corrected chi connectivity index (χ4v) is 2.85. The van der Waals surface area contributed by atoms with Gasteiger partial charge in [0.15, 0.2) is 10.9 Å². The van der Waals surface area contributed by atoms with E-state index in [0.717, 1.165) is 17.7 Å². The Morgan fingerprint density at radius 2 is 1.73 bits per heavy atom. The summed E-state index contributed by atoms with van der Waals surface area (Å²) in [7, 11) is 0. The van der Waals surface area contributed by atoms with Crippen molar-refractivity contribution in [1.82, 2.24) is 9.78 Å². The molecule has 3 aromatic rings. The van der Waals surface area contributed by atoms with E-state index in [4.69, 9.17) is 23.8 Å². The highest BCUT2D eigenvalue weighted by atomic mass is 35.5. The minimum Gasteiger partial charge on any atom is -0.332 e. The van der Waals surface area contributed by atoms with E-state index in [-0.39, 0.29) is 5.82 Å². The zero-order valence-electron chi connectivity index (χ0n) is 14.2. The first-order chi connectivity index (χ1) is 12.5. The number of nitrogens with one attached hydrogen (secondary N) is 2. The molecular formula is C19H18ClFN4S. The summed E-state index contributed by atoms with van der Waals surface area (Å²) in [5.74, 6) is 0.203. The number of benzene rings is 2. The maximum atomic E-state index is 13.0. The highest BCUT2D eigenvalue weighted by molar-refractivity contribution is 7.80. The number of anilines is 2. The molecule has 134 valence electrons. The number of aryl methyl sites for hydroxylation is 1. The van der Waals surface area contributed by atoms with Gasteiger partial charge in [-0.3, -0.25) is 4.68 Å². The van der Waals surface area contributed by atoms with Crippen molar-refractivity contribution in [2.75, 3.05) is 10.6 Å². The van der Waals surface area contributed by atoms with Gasteiger partial charge in [0.2, 0.25) is 0 Å². The third-order valence-corrected chi connectivity index (χ3v) is 4.31. The zero-order chi connectivity index (χ0) is 18.5. The first kappa shape index (κ1) is 18.4. The van der Waals surface area contributed by atoms with E-state index in [1.54, 1.807) is 23.0 Å². The van der Waals surface area contributed by atoms with Gasteiger partial charge >= 0.3 is 0 Å². The maximum Gasteiger partial charge on any atom is 0.176 e. The molecule has 0 spiro atoms. The first-order valence-electron chi connectivity index (χ1n) is 8.18. The molecule has 0 amide bonds. The molecule has 1 heterocycles. The fourth-order valence-electron chi connectivity index (χ4n) is 2.43. The molecule has 0 saturated carbocycles. The molecule has 0 fully saturated rings. The van der Waals surface area contributed by atoms with Crippen molar-refractivity contribution in [3.63, 3.8) is 0 Å². The number of thiocarbonyl (C=S) groups is 1. The average molecular weight is 389 g/mol. The monoisotopic (exact) mass is 388 g/mol. The van der Waals surface area contributed by atoms with Crippen LogP contribution in [0.4, 0.5) is 15.9 Å². The Hall–Kier alpha value is -2.44. The SMILES string of the molecule is CCc1ccc(NC(=S)Nc2nn(Cc3ccc(F)cc3)cc2Cl)cc1. The van der Waals surface area contributed by atoms with Crippen LogP contribution < -0.4 is 10.6 Å². The number of rotatable bonds is 5. The lowest BCUT2D eigenvalue weighted by Crippen LogP contribution is -2.19. The van der Waals surface area contributed by atoms with Crippen LogP contribution in [-0.4, -0.2) is 14.9 Å². The van der Waals surface area contributed by atoms with E-state index >= 15 is 0 Å². The molecule has 4 nitrogen and oxygen atoms in total. The molecule has 2 N–H and O–H groups in total. The Balaban J connectivity index is 1.62. The second-order valence-corrected chi connectivity index (χ2v) is 6.59. The Morgan fingerprint density at radius 1 is 1.08 bits per heavy atom. The van der Waals surface area contributed by atoms with E-state index in [9.17, 15) is 4.39 Å². The third-order valence-electron chi connectivity index (χ3n) is 3.83. The molecule has 26 heavy (non-hydrogen) atoms. The van der Waals surface area contributed by atoms with Crippen LogP contribution in [0.15, 0.2) is 54.7 Å². The molecule has 0 aliphatic carbocycles. The fraction of sp³-hybridized carbons (Fsp3) is 0.158. The van der Waals surface area contributed by atoms with Crippen LogP contribution >= 0.6 is 23.8 Å². The van der Waals surface area contributed by atoms with E-state index in [1.165, 1.54) is 17.7 Å². The van der Waals surface area contributed by atoms with Crippen LogP contribution in [-0.2, 0) is 13.0 Å². The molecule has 0 aliphatic rings. The topological polar surface area (TPSA) is 41.9 Å². The van der Waals surface area contributed by atoms with Crippen molar-refractivity contribution < 1.29 is 4.39 Å². The smallest absolute Gasteiger partial charge is 0.176 e. The zero-order valence-corrected chi connectivity index (χ0v) is 15.7. The lowest BCUT2D eigenvalue weighted by Gasteiger charge is -2.09.